The highest BCUT2D eigenvalue weighted by Crippen LogP contribution is 2.59. The standard InChI is InChI=1S/C21H34O3/c1-18(2,3)14-11-15(22)19(4)12-17-21(6,24-17)10-8-16-20(5,23-16)9-7-13(14)19/h11,13,15-17,22H,7-10,12H2,1-6H3. The first-order chi connectivity index (χ1) is 11.0. The van der Waals surface area contributed by atoms with Crippen molar-refractivity contribution in [2.75, 3.05) is 0 Å². The lowest BCUT2D eigenvalue weighted by Crippen LogP contribution is -2.38. The first-order valence-electron chi connectivity index (χ1n) is 9.74. The van der Waals surface area contributed by atoms with Gasteiger partial charge in [-0.2, -0.15) is 0 Å². The maximum Gasteiger partial charge on any atom is 0.0921 e. The minimum atomic E-state index is -0.366. The Hall–Kier alpha value is -0.380. The Morgan fingerprint density at radius 3 is 2.25 bits per heavy atom. The molecule has 2 saturated heterocycles. The molecule has 1 N–H and O–H groups in total. The Morgan fingerprint density at radius 2 is 1.58 bits per heavy atom. The molecule has 0 bridgehead atoms. The van der Waals surface area contributed by atoms with Crippen molar-refractivity contribution in [3.8, 4) is 0 Å². The van der Waals surface area contributed by atoms with Crippen LogP contribution in [0, 0.1) is 16.7 Å². The molecule has 7 unspecified atom stereocenters. The SMILES string of the molecule is CC(C)(C)C1=CC(O)C2(C)CC3OC3(C)CCC3OC3(C)CCC12. The second-order valence-electron chi connectivity index (χ2n) is 10.5. The summed E-state index contributed by atoms with van der Waals surface area (Å²) in [5.74, 6) is 0.417. The van der Waals surface area contributed by atoms with Gasteiger partial charge in [-0.1, -0.05) is 39.3 Å². The van der Waals surface area contributed by atoms with Crippen molar-refractivity contribution in [1.82, 2.24) is 0 Å². The maximum absolute atomic E-state index is 11.0. The van der Waals surface area contributed by atoms with Gasteiger partial charge in [0.15, 0.2) is 0 Å². The number of allylic oxidation sites excluding steroid dienone is 1. The van der Waals surface area contributed by atoms with E-state index in [2.05, 4.69) is 47.6 Å². The first kappa shape index (κ1) is 17.1. The summed E-state index contributed by atoms with van der Waals surface area (Å²) in [7, 11) is 0. The molecule has 2 aliphatic heterocycles. The van der Waals surface area contributed by atoms with Gasteiger partial charge < -0.3 is 14.6 Å². The van der Waals surface area contributed by atoms with E-state index in [1.54, 1.807) is 0 Å². The predicted octanol–water partition coefficient (Wildman–Crippen LogP) is 4.24. The molecule has 7 atom stereocenters. The molecule has 0 amide bonds. The van der Waals surface area contributed by atoms with Crippen LogP contribution in [0.3, 0.4) is 0 Å². The fraction of sp³-hybridized carbons (Fsp3) is 0.905. The molecule has 0 aromatic carbocycles. The smallest absolute Gasteiger partial charge is 0.0921 e. The molecule has 4 aliphatic rings. The van der Waals surface area contributed by atoms with Gasteiger partial charge in [0.25, 0.3) is 0 Å². The molecule has 0 aromatic heterocycles. The van der Waals surface area contributed by atoms with E-state index >= 15 is 0 Å². The fourth-order valence-corrected chi connectivity index (χ4v) is 5.45. The van der Waals surface area contributed by atoms with Crippen LogP contribution >= 0.6 is 0 Å². The second-order valence-corrected chi connectivity index (χ2v) is 10.5. The summed E-state index contributed by atoms with van der Waals surface area (Å²) in [5, 5.41) is 11.0. The van der Waals surface area contributed by atoms with Crippen LogP contribution in [0.5, 0.6) is 0 Å². The van der Waals surface area contributed by atoms with E-state index in [0.29, 0.717) is 12.0 Å². The Bertz CT molecular complexity index is 576. The molecule has 1 saturated carbocycles. The average molecular weight is 335 g/mol. The Kier molecular flexibility index (Phi) is 3.46. The van der Waals surface area contributed by atoms with Crippen molar-refractivity contribution < 1.29 is 14.6 Å². The lowest BCUT2D eigenvalue weighted by Gasteiger charge is -2.39. The lowest BCUT2D eigenvalue weighted by atomic mass is 9.65. The highest BCUT2D eigenvalue weighted by Gasteiger charge is 2.62. The molecule has 0 aromatic rings. The third kappa shape index (κ3) is 2.50. The van der Waals surface area contributed by atoms with E-state index in [1.807, 2.05) is 0 Å². The van der Waals surface area contributed by atoms with E-state index in [4.69, 9.17) is 9.47 Å². The second kappa shape index (κ2) is 4.86. The van der Waals surface area contributed by atoms with Gasteiger partial charge in [0, 0.05) is 5.41 Å². The zero-order chi connectivity index (χ0) is 17.5. The third-order valence-corrected chi connectivity index (χ3v) is 7.58. The first-order valence-corrected chi connectivity index (χ1v) is 9.74. The zero-order valence-electron chi connectivity index (χ0n) is 16.2. The van der Waals surface area contributed by atoms with Gasteiger partial charge >= 0.3 is 0 Å². The summed E-state index contributed by atoms with van der Waals surface area (Å²) in [6.45, 7) is 13.6. The van der Waals surface area contributed by atoms with Crippen molar-refractivity contribution >= 4 is 0 Å². The van der Waals surface area contributed by atoms with E-state index in [-0.39, 0.29) is 34.2 Å². The number of aliphatic hydroxyl groups excluding tert-OH is 1. The van der Waals surface area contributed by atoms with Crippen LogP contribution in [0.4, 0.5) is 0 Å². The Morgan fingerprint density at radius 1 is 1.00 bits per heavy atom. The van der Waals surface area contributed by atoms with Crippen LogP contribution in [0.2, 0.25) is 0 Å². The van der Waals surface area contributed by atoms with Crippen LogP contribution in [0.25, 0.3) is 0 Å². The molecular weight excluding hydrogens is 300 g/mol. The summed E-state index contributed by atoms with van der Waals surface area (Å²) in [6, 6.07) is 0. The van der Waals surface area contributed by atoms with Crippen molar-refractivity contribution in [2.24, 2.45) is 16.7 Å². The molecule has 24 heavy (non-hydrogen) atoms. The molecule has 3 fully saturated rings. The third-order valence-electron chi connectivity index (χ3n) is 7.58. The number of ether oxygens (including phenoxy) is 2. The van der Waals surface area contributed by atoms with Gasteiger partial charge in [-0.05, 0) is 57.3 Å². The van der Waals surface area contributed by atoms with Crippen molar-refractivity contribution in [3.05, 3.63) is 11.6 Å². The molecular formula is C21H34O3. The average Bonchev–Trinajstić information content (AvgIpc) is 3.27. The van der Waals surface area contributed by atoms with Gasteiger partial charge in [0.05, 0.1) is 29.5 Å². The number of hydrogen-bond donors (Lipinski definition) is 1. The quantitative estimate of drug-likeness (QED) is 0.532. The molecule has 3 nitrogen and oxygen atoms in total. The van der Waals surface area contributed by atoms with Gasteiger partial charge in [0.1, 0.15) is 0 Å². The normalized spacial score (nSPS) is 54.0. The summed E-state index contributed by atoms with van der Waals surface area (Å²) in [4.78, 5) is 0. The molecule has 0 radical (unpaired) electrons. The van der Waals surface area contributed by atoms with Crippen LogP contribution in [0.15, 0.2) is 11.6 Å². The molecule has 2 heterocycles. The van der Waals surface area contributed by atoms with E-state index in [1.165, 1.54) is 5.57 Å². The number of aliphatic hydroxyl groups is 1. The molecule has 136 valence electrons. The number of fused-ring (bicyclic) bond motifs is 3. The highest BCUT2D eigenvalue weighted by atomic mass is 16.6. The highest BCUT2D eigenvalue weighted by molar-refractivity contribution is 5.29. The lowest BCUT2D eigenvalue weighted by molar-refractivity contribution is 0.0327. The topological polar surface area (TPSA) is 45.3 Å². The van der Waals surface area contributed by atoms with Crippen LogP contribution in [-0.2, 0) is 9.47 Å². The Labute approximate surface area is 146 Å². The largest absolute Gasteiger partial charge is 0.388 e. The monoisotopic (exact) mass is 334 g/mol. The summed E-state index contributed by atoms with van der Waals surface area (Å²) >= 11 is 0. The van der Waals surface area contributed by atoms with Gasteiger partial charge in [-0.25, -0.2) is 0 Å². The minimum Gasteiger partial charge on any atom is -0.388 e. The van der Waals surface area contributed by atoms with Crippen LogP contribution in [-0.4, -0.2) is 34.6 Å². The van der Waals surface area contributed by atoms with Gasteiger partial charge in [-0.15, -0.1) is 0 Å². The Balaban J connectivity index is 1.67. The number of epoxide rings is 2. The number of hydrogen-bond acceptors (Lipinski definition) is 3. The minimum absolute atomic E-state index is 0.00499. The van der Waals surface area contributed by atoms with E-state index in [9.17, 15) is 5.11 Å². The summed E-state index contributed by atoms with van der Waals surface area (Å²) in [5.41, 5.74) is 1.45. The van der Waals surface area contributed by atoms with E-state index < -0.39 is 0 Å². The van der Waals surface area contributed by atoms with Crippen LogP contribution in [0.1, 0.15) is 73.6 Å². The number of rotatable bonds is 0. The van der Waals surface area contributed by atoms with Crippen molar-refractivity contribution in [3.63, 3.8) is 0 Å². The molecule has 2 aliphatic carbocycles. The summed E-state index contributed by atoms with van der Waals surface area (Å²) < 4.78 is 12.2. The molecule has 3 heteroatoms. The fourth-order valence-electron chi connectivity index (χ4n) is 5.45. The van der Waals surface area contributed by atoms with Gasteiger partial charge in [0.2, 0.25) is 0 Å². The zero-order valence-corrected chi connectivity index (χ0v) is 16.2. The van der Waals surface area contributed by atoms with Crippen molar-refractivity contribution in [2.45, 2.75) is 103 Å². The van der Waals surface area contributed by atoms with Crippen molar-refractivity contribution in [1.29, 1.82) is 0 Å². The molecule has 0 spiro atoms. The van der Waals surface area contributed by atoms with E-state index in [0.717, 1.165) is 32.1 Å². The summed E-state index contributed by atoms with van der Waals surface area (Å²) in [6.07, 6.45) is 7.83. The maximum atomic E-state index is 11.0. The predicted molar refractivity (Wildman–Crippen MR) is 94.8 cm³/mol. The molecule has 4 rings (SSSR count). The van der Waals surface area contributed by atoms with Gasteiger partial charge in [-0.3, -0.25) is 0 Å². The van der Waals surface area contributed by atoms with Crippen LogP contribution < -0.4 is 0 Å².